The number of anilines is 2. The number of benzene rings is 2. The molecule has 0 amide bonds. The molecule has 1 N–H and O–H groups in total. The Kier molecular flexibility index (Phi) is 5.91. The van der Waals surface area contributed by atoms with Crippen LogP contribution in [0.1, 0.15) is 18.1 Å². The molecule has 1 aromatic heterocycles. The number of halogens is 1. The molecule has 0 spiro atoms. The fraction of sp³-hybridized carbons (Fsp3) is 0.273. The number of ether oxygens (including phenoxy) is 1. The second kappa shape index (κ2) is 8.37. The second-order valence-electron chi connectivity index (χ2n) is 6.70. The molecule has 0 aliphatic rings. The first kappa shape index (κ1) is 19.8. The number of nitrogens with zero attached hydrogens (tertiary/aromatic N) is 3. The predicted molar refractivity (Wildman–Crippen MR) is 117 cm³/mol. The first-order valence-electron chi connectivity index (χ1n) is 9.05. The summed E-state index contributed by atoms with van der Waals surface area (Å²) in [6.07, 6.45) is 2.75. The molecule has 0 aliphatic carbocycles. The first-order valence-corrected chi connectivity index (χ1v) is 9.43. The normalized spacial score (nSPS) is 10.6. The number of aromatic nitrogens is 1. The molecule has 2 aromatic carbocycles. The van der Waals surface area contributed by atoms with Crippen molar-refractivity contribution in [3.63, 3.8) is 0 Å². The van der Waals surface area contributed by atoms with E-state index in [1.165, 1.54) is 0 Å². The molecule has 0 radical (unpaired) electrons. The van der Waals surface area contributed by atoms with Gasteiger partial charge in [-0.3, -0.25) is 4.98 Å². The first-order chi connectivity index (χ1) is 13.5. The minimum atomic E-state index is 0.585. The van der Waals surface area contributed by atoms with Crippen LogP contribution in [0.25, 0.3) is 15.7 Å². The van der Waals surface area contributed by atoms with Crippen LogP contribution in [0.2, 0.25) is 5.02 Å². The van der Waals surface area contributed by atoms with E-state index in [1.807, 2.05) is 55.5 Å². The standard InChI is InChI=1S/C22H23ClN4O/c1-6-15-13-26-22-17(10-16(24-2)11-19(22)27(3)4)21(15)25-12-14-7-8-20(28-5)18(23)9-14/h7-11,13H,6,12H2,1,3-5H3,(H,25,26). The molecular formula is C22H23ClN4O. The molecule has 3 aromatic rings. The highest BCUT2D eigenvalue weighted by Crippen LogP contribution is 2.36. The summed E-state index contributed by atoms with van der Waals surface area (Å²) in [5.74, 6) is 0.659. The minimum Gasteiger partial charge on any atom is -0.495 e. The van der Waals surface area contributed by atoms with E-state index in [4.69, 9.17) is 22.9 Å². The van der Waals surface area contributed by atoms with Crippen molar-refractivity contribution in [1.82, 2.24) is 4.98 Å². The van der Waals surface area contributed by atoms with Gasteiger partial charge in [-0.15, -0.1) is 0 Å². The molecule has 0 bridgehead atoms. The number of aryl methyl sites for hydroxylation is 1. The summed E-state index contributed by atoms with van der Waals surface area (Å²) < 4.78 is 5.22. The van der Waals surface area contributed by atoms with Crippen LogP contribution in [0.5, 0.6) is 5.75 Å². The van der Waals surface area contributed by atoms with Gasteiger partial charge in [-0.05, 0) is 41.8 Å². The highest BCUT2D eigenvalue weighted by Gasteiger charge is 2.14. The quantitative estimate of drug-likeness (QED) is 0.545. The van der Waals surface area contributed by atoms with Gasteiger partial charge in [-0.1, -0.05) is 24.6 Å². The average Bonchev–Trinajstić information content (AvgIpc) is 2.70. The highest BCUT2D eigenvalue weighted by atomic mass is 35.5. The van der Waals surface area contributed by atoms with Crippen LogP contribution in [0.4, 0.5) is 17.1 Å². The molecule has 0 fully saturated rings. The van der Waals surface area contributed by atoms with Gasteiger partial charge in [0.2, 0.25) is 0 Å². The molecule has 3 rings (SSSR count). The highest BCUT2D eigenvalue weighted by molar-refractivity contribution is 6.32. The summed E-state index contributed by atoms with van der Waals surface area (Å²) in [5.41, 5.74) is 5.58. The molecule has 5 nitrogen and oxygen atoms in total. The third-order valence-corrected chi connectivity index (χ3v) is 4.99. The number of nitrogens with one attached hydrogen (secondary N) is 1. The largest absolute Gasteiger partial charge is 0.495 e. The van der Waals surface area contributed by atoms with Gasteiger partial charge in [0.25, 0.3) is 0 Å². The fourth-order valence-corrected chi connectivity index (χ4v) is 3.48. The van der Waals surface area contributed by atoms with E-state index in [0.717, 1.165) is 39.8 Å². The molecule has 28 heavy (non-hydrogen) atoms. The van der Waals surface area contributed by atoms with Crippen molar-refractivity contribution in [2.75, 3.05) is 31.4 Å². The lowest BCUT2D eigenvalue weighted by atomic mass is 10.0. The van der Waals surface area contributed by atoms with Crippen LogP contribution in [0.3, 0.4) is 0 Å². The lowest BCUT2D eigenvalue weighted by Gasteiger charge is -2.19. The minimum absolute atomic E-state index is 0.585. The molecule has 0 atom stereocenters. The van der Waals surface area contributed by atoms with E-state index in [0.29, 0.717) is 23.0 Å². The van der Waals surface area contributed by atoms with Crippen LogP contribution < -0.4 is 15.0 Å². The maximum atomic E-state index is 7.46. The van der Waals surface area contributed by atoms with Crippen molar-refractivity contribution in [1.29, 1.82) is 0 Å². The SMILES string of the molecule is [C-]#[N+]c1cc(N(C)C)c2ncc(CC)c(NCc3ccc(OC)c(Cl)c3)c2c1. The van der Waals surface area contributed by atoms with E-state index < -0.39 is 0 Å². The van der Waals surface area contributed by atoms with E-state index >= 15 is 0 Å². The van der Waals surface area contributed by atoms with Crippen molar-refractivity contribution in [3.05, 3.63) is 64.1 Å². The van der Waals surface area contributed by atoms with E-state index in [1.54, 1.807) is 7.11 Å². The Labute approximate surface area is 170 Å². The molecule has 0 unspecified atom stereocenters. The Morgan fingerprint density at radius 3 is 2.64 bits per heavy atom. The maximum Gasteiger partial charge on any atom is 0.190 e. The summed E-state index contributed by atoms with van der Waals surface area (Å²) in [4.78, 5) is 10.3. The van der Waals surface area contributed by atoms with Crippen molar-refractivity contribution >= 4 is 39.6 Å². The Morgan fingerprint density at radius 2 is 2.04 bits per heavy atom. The van der Waals surface area contributed by atoms with Crippen LogP contribution in [0.15, 0.2) is 36.5 Å². The molecule has 0 saturated carbocycles. The Hall–Kier alpha value is -2.97. The zero-order valence-electron chi connectivity index (χ0n) is 16.5. The topological polar surface area (TPSA) is 41.8 Å². The van der Waals surface area contributed by atoms with Gasteiger partial charge in [0.1, 0.15) is 5.75 Å². The summed E-state index contributed by atoms with van der Waals surface area (Å²) >= 11 is 6.26. The van der Waals surface area contributed by atoms with Crippen molar-refractivity contribution in [3.8, 4) is 5.75 Å². The monoisotopic (exact) mass is 394 g/mol. The number of pyridine rings is 1. The lowest BCUT2D eigenvalue weighted by molar-refractivity contribution is 0.415. The summed E-state index contributed by atoms with van der Waals surface area (Å²) in [5, 5.41) is 5.08. The summed E-state index contributed by atoms with van der Waals surface area (Å²) in [6, 6.07) is 9.54. The zero-order valence-corrected chi connectivity index (χ0v) is 17.3. The maximum absolute atomic E-state index is 7.46. The second-order valence-corrected chi connectivity index (χ2v) is 7.11. The van der Waals surface area contributed by atoms with Crippen LogP contribution in [0, 0.1) is 6.57 Å². The number of hydrogen-bond donors (Lipinski definition) is 1. The average molecular weight is 395 g/mol. The van der Waals surface area contributed by atoms with Gasteiger partial charge in [-0.25, -0.2) is 4.85 Å². The van der Waals surface area contributed by atoms with Gasteiger partial charge < -0.3 is 15.0 Å². The van der Waals surface area contributed by atoms with Gasteiger partial charge in [0.05, 0.1) is 29.9 Å². The molecule has 6 heteroatoms. The third kappa shape index (κ3) is 3.83. The van der Waals surface area contributed by atoms with Crippen molar-refractivity contribution in [2.45, 2.75) is 19.9 Å². The summed E-state index contributed by atoms with van der Waals surface area (Å²) in [7, 11) is 5.53. The third-order valence-electron chi connectivity index (χ3n) is 4.69. The number of fused-ring (bicyclic) bond motifs is 1. The van der Waals surface area contributed by atoms with Crippen molar-refractivity contribution in [2.24, 2.45) is 0 Å². The van der Waals surface area contributed by atoms with E-state index in [9.17, 15) is 0 Å². The van der Waals surface area contributed by atoms with Gasteiger partial charge in [-0.2, -0.15) is 0 Å². The number of rotatable bonds is 6. The fourth-order valence-electron chi connectivity index (χ4n) is 3.20. The zero-order chi connectivity index (χ0) is 20.3. The van der Waals surface area contributed by atoms with E-state index in [-0.39, 0.29) is 0 Å². The smallest absolute Gasteiger partial charge is 0.190 e. The van der Waals surface area contributed by atoms with Crippen LogP contribution >= 0.6 is 11.6 Å². The predicted octanol–water partition coefficient (Wildman–Crippen LogP) is 5.69. The molecule has 144 valence electrons. The molecular weight excluding hydrogens is 372 g/mol. The molecule has 0 aliphatic heterocycles. The van der Waals surface area contributed by atoms with Gasteiger partial charge in [0.15, 0.2) is 5.69 Å². The van der Waals surface area contributed by atoms with Crippen LogP contribution in [-0.2, 0) is 13.0 Å². The van der Waals surface area contributed by atoms with E-state index in [2.05, 4.69) is 22.1 Å². The lowest BCUT2D eigenvalue weighted by Crippen LogP contribution is -2.10. The van der Waals surface area contributed by atoms with Gasteiger partial charge in [0, 0.05) is 37.9 Å². The number of methoxy groups -OCH3 is 1. The Morgan fingerprint density at radius 1 is 1.25 bits per heavy atom. The Balaban J connectivity index is 2.07. The van der Waals surface area contributed by atoms with Crippen molar-refractivity contribution < 1.29 is 4.74 Å². The molecule has 0 saturated heterocycles. The molecule has 1 heterocycles. The Bertz CT molecular complexity index is 1060. The number of hydrogen-bond acceptors (Lipinski definition) is 4. The van der Waals surface area contributed by atoms with Gasteiger partial charge >= 0.3 is 0 Å². The summed E-state index contributed by atoms with van der Waals surface area (Å²) in [6.45, 7) is 10.2. The van der Waals surface area contributed by atoms with Crippen LogP contribution in [-0.4, -0.2) is 26.2 Å².